The van der Waals surface area contributed by atoms with Crippen LogP contribution in [0.15, 0.2) is 48.5 Å². The number of rotatable bonds is 3. The van der Waals surface area contributed by atoms with Gasteiger partial charge in [-0.2, -0.15) is 5.26 Å². The number of carbonyl (C=O) groups is 1. The first-order valence-electron chi connectivity index (χ1n) is 8.86. The maximum atomic E-state index is 12.4. The van der Waals surface area contributed by atoms with E-state index in [2.05, 4.69) is 23.1 Å². The van der Waals surface area contributed by atoms with Crippen molar-refractivity contribution in [1.82, 2.24) is 4.90 Å². The number of nitrogens with zero attached hydrogens (tertiary/aromatic N) is 3. The highest BCUT2D eigenvalue weighted by atomic mass is 16.2. The first-order chi connectivity index (χ1) is 12.2. The van der Waals surface area contributed by atoms with E-state index in [0.29, 0.717) is 18.0 Å². The molecule has 2 aromatic carbocycles. The Hall–Kier alpha value is -2.64. The van der Waals surface area contributed by atoms with Crippen LogP contribution in [0, 0.1) is 11.3 Å². The van der Waals surface area contributed by atoms with Crippen LogP contribution in [-0.4, -0.2) is 29.9 Å². The molecule has 0 saturated carbocycles. The minimum Gasteiger partial charge on any atom is -0.309 e. The zero-order chi connectivity index (χ0) is 17.2. The van der Waals surface area contributed by atoms with Gasteiger partial charge in [-0.1, -0.05) is 30.3 Å². The summed E-state index contributed by atoms with van der Waals surface area (Å²) < 4.78 is 0. The summed E-state index contributed by atoms with van der Waals surface area (Å²) in [6, 6.07) is 18.5. The second-order valence-corrected chi connectivity index (χ2v) is 6.89. The van der Waals surface area contributed by atoms with E-state index in [9.17, 15) is 4.79 Å². The molecule has 25 heavy (non-hydrogen) atoms. The number of hydrogen-bond donors (Lipinski definition) is 0. The highest BCUT2D eigenvalue weighted by Gasteiger charge is 2.34. The SMILES string of the molecule is N#Cc1ccc(CN2CCC(N3C(=O)Cc4ccccc43)CC2)cc1. The molecule has 2 aliphatic rings. The molecular formula is C21H21N3O. The van der Waals surface area contributed by atoms with Crippen molar-refractivity contribution in [2.45, 2.75) is 31.8 Å². The van der Waals surface area contributed by atoms with Gasteiger partial charge in [-0.3, -0.25) is 9.69 Å². The molecule has 0 aliphatic carbocycles. The van der Waals surface area contributed by atoms with Crippen LogP contribution in [0.3, 0.4) is 0 Å². The van der Waals surface area contributed by atoms with Gasteiger partial charge in [-0.05, 0) is 42.2 Å². The predicted octanol–water partition coefficient (Wildman–Crippen LogP) is 3.11. The minimum absolute atomic E-state index is 0.242. The third-order valence-electron chi connectivity index (χ3n) is 5.27. The number of anilines is 1. The van der Waals surface area contributed by atoms with Gasteiger partial charge in [0, 0.05) is 31.4 Å². The molecule has 0 radical (unpaired) electrons. The van der Waals surface area contributed by atoms with Crippen molar-refractivity contribution in [3.05, 3.63) is 65.2 Å². The zero-order valence-electron chi connectivity index (χ0n) is 14.2. The van der Waals surface area contributed by atoms with Crippen LogP contribution in [0.5, 0.6) is 0 Å². The van der Waals surface area contributed by atoms with E-state index in [1.165, 1.54) is 5.56 Å². The average molecular weight is 331 g/mol. The molecule has 2 aromatic rings. The molecule has 0 spiro atoms. The van der Waals surface area contributed by atoms with Crippen molar-refractivity contribution in [3.63, 3.8) is 0 Å². The van der Waals surface area contributed by atoms with Crippen LogP contribution in [0.4, 0.5) is 5.69 Å². The van der Waals surface area contributed by atoms with Gasteiger partial charge in [0.2, 0.25) is 5.91 Å². The second kappa shape index (κ2) is 6.70. The smallest absolute Gasteiger partial charge is 0.231 e. The monoisotopic (exact) mass is 331 g/mol. The maximum Gasteiger partial charge on any atom is 0.231 e. The summed E-state index contributed by atoms with van der Waals surface area (Å²) in [6.45, 7) is 2.90. The lowest BCUT2D eigenvalue weighted by Gasteiger charge is -2.37. The van der Waals surface area contributed by atoms with E-state index in [-0.39, 0.29) is 5.91 Å². The molecule has 4 heteroatoms. The number of likely N-dealkylation sites (tertiary alicyclic amines) is 1. The summed E-state index contributed by atoms with van der Waals surface area (Å²) in [4.78, 5) is 16.9. The van der Waals surface area contributed by atoms with Gasteiger partial charge in [-0.15, -0.1) is 0 Å². The van der Waals surface area contributed by atoms with Crippen LogP contribution in [0.1, 0.15) is 29.5 Å². The van der Waals surface area contributed by atoms with E-state index in [0.717, 1.165) is 43.7 Å². The highest BCUT2D eigenvalue weighted by Crippen LogP contribution is 2.33. The van der Waals surface area contributed by atoms with Crippen LogP contribution in [0.2, 0.25) is 0 Å². The van der Waals surface area contributed by atoms with Crippen LogP contribution in [-0.2, 0) is 17.8 Å². The molecule has 0 unspecified atom stereocenters. The van der Waals surface area contributed by atoms with Gasteiger partial charge in [0.15, 0.2) is 0 Å². The number of para-hydroxylation sites is 1. The Labute approximate surface area is 148 Å². The fraction of sp³-hybridized carbons (Fsp3) is 0.333. The molecule has 1 amide bonds. The first kappa shape index (κ1) is 15.9. The van der Waals surface area contributed by atoms with Gasteiger partial charge < -0.3 is 4.90 Å². The average Bonchev–Trinajstić information content (AvgIpc) is 2.99. The number of fused-ring (bicyclic) bond motifs is 1. The summed E-state index contributed by atoms with van der Waals surface area (Å²) in [7, 11) is 0. The number of nitriles is 1. The quantitative estimate of drug-likeness (QED) is 0.868. The first-order valence-corrected chi connectivity index (χ1v) is 8.86. The lowest BCUT2D eigenvalue weighted by Crippen LogP contribution is -2.46. The topological polar surface area (TPSA) is 47.3 Å². The molecule has 0 bridgehead atoms. The van der Waals surface area contributed by atoms with E-state index in [1.54, 1.807) is 0 Å². The lowest BCUT2D eigenvalue weighted by atomic mass is 10.0. The Morgan fingerprint density at radius 2 is 1.76 bits per heavy atom. The molecule has 1 saturated heterocycles. The largest absolute Gasteiger partial charge is 0.309 e. The van der Waals surface area contributed by atoms with Crippen molar-refractivity contribution >= 4 is 11.6 Å². The Morgan fingerprint density at radius 1 is 1.04 bits per heavy atom. The van der Waals surface area contributed by atoms with Crippen molar-refractivity contribution in [1.29, 1.82) is 5.26 Å². The van der Waals surface area contributed by atoms with Crippen molar-refractivity contribution in [3.8, 4) is 6.07 Å². The van der Waals surface area contributed by atoms with E-state index in [4.69, 9.17) is 5.26 Å². The molecule has 2 aliphatic heterocycles. The summed E-state index contributed by atoms with van der Waals surface area (Å²) in [6.07, 6.45) is 2.56. The van der Waals surface area contributed by atoms with Crippen LogP contribution < -0.4 is 4.90 Å². The summed E-state index contributed by atoms with van der Waals surface area (Å²) in [5.74, 6) is 0.242. The summed E-state index contributed by atoms with van der Waals surface area (Å²) >= 11 is 0. The zero-order valence-corrected chi connectivity index (χ0v) is 14.2. The fourth-order valence-corrected chi connectivity index (χ4v) is 3.96. The standard InChI is InChI=1S/C21H21N3O/c22-14-16-5-7-17(8-6-16)15-23-11-9-19(10-12-23)24-20-4-2-1-3-18(20)13-21(24)25/h1-8,19H,9-13,15H2. The van der Waals surface area contributed by atoms with Gasteiger partial charge in [0.25, 0.3) is 0 Å². The second-order valence-electron chi connectivity index (χ2n) is 6.89. The minimum atomic E-state index is 0.242. The third kappa shape index (κ3) is 3.16. The molecule has 0 atom stereocenters. The molecule has 4 rings (SSSR count). The molecule has 4 nitrogen and oxygen atoms in total. The molecular weight excluding hydrogens is 310 g/mol. The summed E-state index contributed by atoms with van der Waals surface area (Å²) in [5, 5.41) is 8.88. The van der Waals surface area contributed by atoms with Crippen molar-refractivity contribution in [2.24, 2.45) is 0 Å². The van der Waals surface area contributed by atoms with E-state index < -0.39 is 0 Å². The Morgan fingerprint density at radius 3 is 2.48 bits per heavy atom. The normalized spacial score (nSPS) is 18.2. The van der Waals surface area contributed by atoms with Gasteiger partial charge in [-0.25, -0.2) is 0 Å². The van der Waals surface area contributed by atoms with Crippen molar-refractivity contribution < 1.29 is 4.79 Å². The van der Waals surface area contributed by atoms with Gasteiger partial charge in [0.05, 0.1) is 18.1 Å². The molecule has 1 fully saturated rings. The predicted molar refractivity (Wildman–Crippen MR) is 97.1 cm³/mol. The van der Waals surface area contributed by atoms with E-state index in [1.807, 2.05) is 41.3 Å². The van der Waals surface area contributed by atoms with Crippen molar-refractivity contribution in [2.75, 3.05) is 18.0 Å². The Balaban J connectivity index is 1.38. The number of hydrogen-bond acceptors (Lipinski definition) is 3. The Bertz CT molecular complexity index is 814. The fourth-order valence-electron chi connectivity index (χ4n) is 3.96. The molecule has 126 valence electrons. The third-order valence-corrected chi connectivity index (χ3v) is 5.27. The molecule has 0 aromatic heterocycles. The number of benzene rings is 2. The number of carbonyl (C=O) groups excluding carboxylic acids is 1. The molecule has 2 heterocycles. The van der Waals surface area contributed by atoms with Gasteiger partial charge >= 0.3 is 0 Å². The van der Waals surface area contributed by atoms with E-state index >= 15 is 0 Å². The number of amides is 1. The summed E-state index contributed by atoms with van der Waals surface area (Å²) in [5.41, 5.74) is 4.21. The highest BCUT2D eigenvalue weighted by molar-refractivity contribution is 6.01. The molecule has 0 N–H and O–H groups in total. The number of piperidine rings is 1. The Kier molecular flexibility index (Phi) is 4.25. The maximum absolute atomic E-state index is 12.4. The van der Waals surface area contributed by atoms with Crippen LogP contribution >= 0.6 is 0 Å². The lowest BCUT2D eigenvalue weighted by molar-refractivity contribution is -0.118. The van der Waals surface area contributed by atoms with Gasteiger partial charge in [0.1, 0.15) is 0 Å². The van der Waals surface area contributed by atoms with Crippen LogP contribution in [0.25, 0.3) is 0 Å².